The van der Waals surface area contributed by atoms with Crippen molar-refractivity contribution in [2.24, 2.45) is 0 Å². The van der Waals surface area contributed by atoms with Crippen LogP contribution in [0.1, 0.15) is 22.2 Å². The molecule has 1 unspecified atom stereocenters. The van der Waals surface area contributed by atoms with Crippen molar-refractivity contribution >= 4 is 11.3 Å². The maximum Gasteiger partial charge on any atom is 0.163 e. The highest BCUT2D eigenvalue weighted by molar-refractivity contribution is 7.09. The molecule has 2 nitrogen and oxygen atoms in total. The van der Waals surface area contributed by atoms with Gasteiger partial charge in [-0.3, -0.25) is 0 Å². The van der Waals surface area contributed by atoms with Crippen molar-refractivity contribution in [3.8, 4) is 0 Å². The first-order valence-electron chi connectivity index (χ1n) is 5.16. The number of aromatic nitrogens is 1. The molecule has 5 heteroatoms. The van der Waals surface area contributed by atoms with Crippen LogP contribution in [0.4, 0.5) is 8.78 Å². The largest absolute Gasteiger partial charge is 0.309 e. The molecule has 0 aliphatic carbocycles. The van der Waals surface area contributed by atoms with Crippen molar-refractivity contribution in [1.29, 1.82) is 0 Å². The van der Waals surface area contributed by atoms with E-state index in [2.05, 4.69) is 10.3 Å². The van der Waals surface area contributed by atoms with Crippen LogP contribution in [0.25, 0.3) is 0 Å². The van der Waals surface area contributed by atoms with Gasteiger partial charge in [-0.1, -0.05) is 12.1 Å². The summed E-state index contributed by atoms with van der Waals surface area (Å²) >= 11 is 1.43. The summed E-state index contributed by atoms with van der Waals surface area (Å²) in [6.45, 7) is 1.85. The Kier molecular flexibility index (Phi) is 3.49. The lowest BCUT2D eigenvalue weighted by Crippen LogP contribution is -2.19. The highest BCUT2D eigenvalue weighted by atomic mass is 32.1. The molecular formula is C12H12F2N2S. The van der Waals surface area contributed by atoms with Gasteiger partial charge in [-0.2, -0.15) is 0 Å². The number of thiazole rings is 1. The van der Waals surface area contributed by atoms with E-state index in [1.54, 1.807) is 18.6 Å². The number of nitrogens with zero attached hydrogens (tertiary/aromatic N) is 1. The summed E-state index contributed by atoms with van der Waals surface area (Å²) < 4.78 is 26.9. The van der Waals surface area contributed by atoms with Crippen LogP contribution in [-0.2, 0) is 0 Å². The third-order valence-corrected chi connectivity index (χ3v) is 3.62. The maximum absolute atomic E-state index is 13.7. The van der Waals surface area contributed by atoms with Crippen molar-refractivity contribution in [3.05, 3.63) is 51.5 Å². The zero-order valence-electron chi connectivity index (χ0n) is 9.50. The molecule has 0 aliphatic heterocycles. The maximum atomic E-state index is 13.7. The normalized spacial score (nSPS) is 12.7. The van der Waals surface area contributed by atoms with E-state index in [9.17, 15) is 8.78 Å². The van der Waals surface area contributed by atoms with Crippen molar-refractivity contribution in [2.75, 3.05) is 7.05 Å². The molecule has 2 aromatic rings. The van der Waals surface area contributed by atoms with Gasteiger partial charge in [-0.25, -0.2) is 13.8 Å². The molecule has 2 rings (SSSR count). The fraction of sp³-hybridized carbons (Fsp3) is 0.250. The van der Waals surface area contributed by atoms with Crippen LogP contribution in [0.2, 0.25) is 0 Å². The molecule has 0 bridgehead atoms. The lowest BCUT2D eigenvalue weighted by molar-refractivity contribution is 0.488. The molecule has 90 valence electrons. The van der Waals surface area contributed by atoms with E-state index >= 15 is 0 Å². The van der Waals surface area contributed by atoms with Gasteiger partial charge in [0.25, 0.3) is 0 Å². The SMILES string of the molecule is CNC(c1cccc(F)c1F)c1scnc1C. The Morgan fingerprint density at radius 1 is 1.35 bits per heavy atom. The molecule has 0 amide bonds. The van der Waals surface area contributed by atoms with E-state index in [1.807, 2.05) is 6.92 Å². The van der Waals surface area contributed by atoms with Crippen LogP contribution in [0, 0.1) is 18.6 Å². The smallest absolute Gasteiger partial charge is 0.163 e. The Hall–Kier alpha value is -1.33. The summed E-state index contributed by atoms with van der Waals surface area (Å²) in [4.78, 5) is 5.03. The summed E-state index contributed by atoms with van der Waals surface area (Å²) in [5.41, 5.74) is 2.84. The number of halogens is 2. The second-order valence-electron chi connectivity index (χ2n) is 3.67. The molecule has 17 heavy (non-hydrogen) atoms. The van der Waals surface area contributed by atoms with Crippen molar-refractivity contribution in [1.82, 2.24) is 10.3 Å². The van der Waals surface area contributed by atoms with E-state index in [0.29, 0.717) is 5.56 Å². The predicted octanol–water partition coefficient (Wildman–Crippen LogP) is 3.04. The summed E-state index contributed by atoms with van der Waals surface area (Å²) in [6.07, 6.45) is 0. The molecule has 1 N–H and O–H groups in total. The van der Waals surface area contributed by atoms with Gasteiger partial charge in [-0.15, -0.1) is 11.3 Å². The minimum Gasteiger partial charge on any atom is -0.309 e. The molecule has 0 saturated heterocycles. The van der Waals surface area contributed by atoms with Crippen molar-refractivity contribution < 1.29 is 8.78 Å². The molecule has 1 aromatic heterocycles. The van der Waals surface area contributed by atoms with Crippen molar-refractivity contribution in [2.45, 2.75) is 13.0 Å². The van der Waals surface area contributed by atoms with E-state index in [1.165, 1.54) is 17.4 Å². The van der Waals surface area contributed by atoms with Gasteiger partial charge < -0.3 is 5.32 Å². The monoisotopic (exact) mass is 254 g/mol. The molecule has 1 heterocycles. The van der Waals surface area contributed by atoms with Gasteiger partial charge in [0.1, 0.15) is 0 Å². The Morgan fingerprint density at radius 3 is 2.71 bits per heavy atom. The van der Waals surface area contributed by atoms with Gasteiger partial charge in [0.2, 0.25) is 0 Å². The third kappa shape index (κ3) is 2.21. The standard InChI is InChI=1S/C12H12F2N2S/c1-7-12(17-6-16-7)11(15-2)8-4-3-5-9(13)10(8)14/h3-6,11,15H,1-2H3. The second kappa shape index (κ2) is 4.89. The van der Waals surface area contributed by atoms with E-state index in [0.717, 1.165) is 16.6 Å². The molecular weight excluding hydrogens is 242 g/mol. The lowest BCUT2D eigenvalue weighted by atomic mass is 10.0. The molecule has 0 spiro atoms. The average molecular weight is 254 g/mol. The molecule has 1 aromatic carbocycles. The fourth-order valence-corrected chi connectivity index (χ4v) is 2.69. The minimum absolute atomic E-state index is 0.305. The van der Waals surface area contributed by atoms with Gasteiger partial charge >= 0.3 is 0 Å². The first kappa shape index (κ1) is 12.1. The van der Waals surface area contributed by atoms with Crippen molar-refractivity contribution in [3.63, 3.8) is 0 Å². The lowest BCUT2D eigenvalue weighted by Gasteiger charge is -2.16. The van der Waals surface area contributed by atoms with Crippen LogP contribution in [0.15, 0.2) is 23.7 Å². The zero-order chi connectivity index (χ0) is 12.4. The van der Waals surface area contributed by atoms with E-state index in [-0.39, 0.29) is 6.04 Å². The zero-order valence-corrected chi connectivity index (χ0v) is 10.3. The Morgan fingerprint density at radius 2 is 2.12 bits per heavy atom. The second-order valence-corrected chi connectivity index (χ2v) is 4.55. The van der Waals surface area contributed by atoms with Gasteiger partial charge in [0, 0.05) is 10.4 Å². The highest BCUT2D eigenvalue weighted by Crippen LogP contribution is 2.29. The first-order valence-corrected chi connectivity index (χ1v) is 6.04. The molecule has 0 saturated carbocycles. The number of hydrogen-bond donors (Lipinski definition) is 1. The van der Waals surface area contributed by atoms with Crippen LogP contribution in [0.5, 0.6) is 0 Å². The van der Waals surface area contributed by atoms with Crippen LogP contribution < -0.4 is 5.32 Å². The summed E-state index contributed by atoms with van der Waals surface area (Å²) in [5.74, 6) is -1.63. The predicted molar refractivity (Wildman–Crippen MR) is 64.1 cm³/mol. The van der Waals surface area contributed by atoms with Gasteiger partial charge in [0.15, 0.2) is 11.6 Å². The Bertz CT molecular complexity index is 525. The third-order valence-electron chi connectivity index (χ3n) is 2.63. The van der Waals surface area contributed by atoms with Gasteiger partial charge in [-0.05, 0) is 20.0 Å². The van der Waals surface area contributed by atoms with Crippen LogP contribution in [0.3, 0.4) is 0 Å². The molecule has 1 atom stereocenters. The molecule has 0 aliphatic rings. The average Bonchev–Trinajstić information content (AvgIpc) is 2.72. The Labute approximate surface area is 102 Å². The number of rotatable bonds is 3. The summed E-state index contributed by atoms with van der Waals surface area (Å²) in [5, 5.41) is 2.99. The minimum atomic E-state index is -0.829. The van der Waals surface area contributed by atoms with E-state index < -0.39 is 11.6 Å². The number of hydrogen-bond acceptors (Lipinski definition) is 3. The van der Waals surface area contributed by atoms with Crippen LogP contribution in [-0.4, -0.2) is 12.0 Å². The quantitative estimate of drug-likeness (QED) is 0.910. The topological polar surface area (TPSA) is 24.9 Å². The summed E-state index contributed by atoms with van der Waals surface area (Å²) in [7, 11) is 1.72. The number of aryl methyl sites for hydroxylation is 1. The van der Waals surface area contributed by atoms with E-state index in [4.69, 9.17) is 0 Å². The van der Waals surface area contributed by atoms with Crippen LogP contribution >= 0.6 is 11.3 Å². The first-order chi connectivity index (χ1) is 8.15. The fourth-order valence-electron chi connectivity index (χ4n) is 1.76. The highest BCUT2D eigenvalue weighted by Gasteiger charge is 2.21. The Balaban J connectivity index is 2.50. The number of benzene rings is 1. The summed E-state index contributed by atoms with van der Waals surface area (Å²) in [6, 6.07) is 3.84. The molecule has 0 radical (unpaired) electrons. The molecule has 0 fully saturated rings. The number of nitrogens with one attached hydrogen (secondary N) is 1. The van der Waals surface area contributed by atoms with Gasteiger partial charge in [0.05, 0.1) is 17.2 Å².